The van der Waals surface area contributed by atoms with E-state index in [1.54, 1.807) is 12.1 Å². The number of rotatable bonds is 2. The van der Waals surface area contributed by atoms with Crippen molar-refractivity contribution >= 4 is 51.0 Å². The standard InChI is InChI=1S/C11H9IN4O2/c12-6-1-4-5(10(14)17)2-9(11(15)18)16-8(4)3-7(6)13/h1-3H,13H2,(H2,14,17)(H2,15,18). The largest absolute Gasteiger partial charge is 0.398 e. The topological polar surface area (TPSA) is 125 Å². The maximum Gasteiger partial charge on any atom is 0.267 e. The van der Waals surface area contributed by atoms with Gasteiger partial charge >= 0.3 is 0 Å². The number of amides is 2. The molecule has 2 rings (SSSR count). The lowest BCUT2D eigenvalue weighted by atomic mass is 10.1. The molecule has 1 heterocycles. The number of primary amides is 2. The van der Waals surface area contributed by atoms with Crippen molar-refractivity contribution in [1.29, 1.82) is 0 Å². The molecule has 0 spiro atoms. The van der Waals surface area contributed by atoms with Crippen LogP contribution in [-0.4, -0.2) is 16.8 Å². The molecule has 0 aliphatic heterocycles. The van der Waals surface area contributed by atoms with E-state index in [9.17, 15) is 9.59 Å². The molecule has 0 bridgehead atoms. The van der Waals surface area contributed by atoms with Crippen LogP contribution in [0.3, 0.4) is 0 Å². The number of nitrogen functional groups attached to an aromatic ring is 1. The molecule has 7 heteroatoms. The molecule has 18 heavy (non-hydrogen) atoms. The number of hydrogen-bond donors (Lipinski definition) is 3. The highest BCUT2D eigenvalue weighted by Gasteiger charge is 2.14. The third-order valence-corrected chi connectivity index (χ3v) is 3.38. The fourth-order valence-corrected chi connectivity index (χ4v) is 2.06. The number of pyridine rings is 1. The number of nitrogens with two attached hydrogens (primary N) is 3. The smallest absolute Gasteiger partial charge is 0.267 e. The van der Waals surface area contributed by atoms with Crippen molar-refractivity contribution in [1.82, 2.24) is 4.98 Å². The van der Waals surface area contributed by atoms with Crippen molar-refractivity contribution in [2.24, 2.45) is 11.5 Å². The van der Waals surface area contributed by atoms with Gasteiger partial charge in [-0.15, -0.1) is 0 Å². The zero-order valence-electron chi connectivity index (χ0n) is 9.11. The van der Waals surface area contributed by atoms with Gasteiger partial charge in [0, 0.05) is 14.6 Å². The summed E-state index contributed by atoms with van der Waals surface area (Å²) in [6, 6.07) is 4.57. The summed E-state index contributed by atoms with van der Waals surface area (Å²) in [7, 11) is 0. The minimum absolute atomic E-state index is 0.0168. The average molecular weight is 356 g/mol. The molecular weight excluding hydrogens is 347 g/mol. The first-order chi connectivity index (χ1) is 8.40. The highest BCUT2D eigenvalue weighted by Crippen LogP contribution is 2.25. The van der Waals surface area contributed by atoms with E-state index in [1.807, 2.05) is 22.6 Å². The van der Waals surface area contributed by atoms with Gasteiger partial charge in [0.25, 0.3) is 5.91 Å². The predicted octanol–water partition coefficient (Wildman–Crippen LogP) is 0.619. The number of anilines is 1. The van der Waals surface area contributed by atoms with Gasteiger partial charge in [-0.3, -0.25) is 9.59 Å². The molecule has 0 saturated carbocycles. The summed E-state index contributed by atoms with van der Waals surface area (Å²) in [6.45, 7) is 0. The maximum absolute atomic E-state index is 11.4. The molecule has 6 N–H and O–H groups in total. The maximum atomic E-state index is 11.4. The first kappa shape index (κ1) is 12.6. The molecule has 0 unspecified atom stereocenters. The lowest BCUT2D eigenvalue weighted by molar-refractivity contribution is 0.0995. The van der Waals surface area contributed by atoms with Crippen molar-refractivity contribution < 1.29 is 9.59 Å². The van der Waals surface area contributed by atoms with Crippen LogP contribution in [0.15, 0.2) is 18.2 Å². The van der Waals surface area contributed by atoms with Gasteiger partial charge in [0.05, 0.1) is 11.1 Å². The molecule has 0 saturated heterocycles. The summed E-state index contributed by atoms with van der Waals surface area (Å²) in [4.78, 5) is 26.6. The van der Waals surface area contributed by atoms with Crippen molar-refractivity contribution in [2.45, 2.75) is 0 Å². The normalized spacial score (nSPS) is 10.5. The number of hydrogen-bond acceptors (Lipinski definition) is 4. The summed E-state index contributed by atoms with van der Waals surface area (Å²) < 4.78 is 0.774. The Labute approximate surface area is 116 Å². The molecule has 0 aliphatic carbocycles. The summed E-state index contributed by atoms with van der Waals surface area (Å²) >= 11 is 2.04. The molecule has 0 radical (unpaired) electrons. The summed E-state index contributed by atoms with van der Waals surface area (Å²) in [5.41, 5.74) is 17.3. The quantitative estimate of drug-likeness (QED) is 0.539. The Hall–Kier alpha value is -1.90. The van der Waals surface area contributed by atoms with Crippen molar-refractivity contribution in [2.75, 3.05) is 5.73 Å². The highest BCUT2D eigenvalue weighted by molar-refractivity contribution is 14.1. The number of fused-ring (bicyclic) bond motifs is 1. The molecule has 0 aliphatic rings. The fraction of sp³-hybridized carbons (Fsp3) is 0. The molecule has 1 aromatic heterocycles. The number of nitrogens with zero attached hydrogens (tertiary/aromatic N) is 1. The second kappa shape index (κ2) is 4.41. The molecule has 2 aromatic rings. The van der Waals surface area contributed by atoms with E-state index in [4.69, 9.17) is 17.2 Å². The zero-order chi connectivity index (χ0) is 13.4. The van der Waals surface area contributed by atoms with E-state index >= 15 is 0 Å². The third-order valence-electron chi connectivity index (χ3n) is 2.45. The van der Waals surface area contributed by atoms with Gasteiger partial charge in [0.1, 0.15) is 5.69 Å². The van der Waals surface area contributed by atoms with E-state index in [0.29, 0.717) is 16.6 Å². The van der Waals surface area contributed by atoms with Crippen LogP contribution in [0.25, 0.3) is 10.9 Å². The zero-order valence-corrected chi connectivity index (χ0v) is 11.3. The van der Waals surface area contributed by atoms with Crippen LogP contribution in [0.1, 0.15) is 20.8 Å². The van der Waals surface area contributed by atoms with Crippen LogP contribution < -0.4 is 17.2 Å². The van der Waals surface area contributed by atoms with Gasteiger partial charge in [-0.1, -0.05) is 0 Å². The Morgan fingerprint density at radius 1 is 1.11 bits per heavy atom. The van der Waals surface area contributed by atoms with E-state index in [1.165, 1.54) is 6.07 Å². The minimum atomic E-state index is -0.725. The Kier molecular flexibility index (Phi) is 3.07. The van der Waals surface area contributed by atoms with Gasteiger partial charge < -0.3 is 17.2 Å². The second-order valence-electron chi connectivity index (χ2n) is 3.67. The van der Waals surface area contributed by atoms with E-state index in [2.05, 4.69) is 4.98 Å². The van der Waals surface area contributed by atoms with Gasteiger partial charge in [-0.25, -0.2) is 4.98 Å². The number of halogens is 1. The van der Waals surface area contributed by atoms with E-state index in [0.717, 1.165) is 3.57 Å². The second-order valence-corrected chi connectivity index (χ2v) is 4.84. The Morgan fingerprint density at radius 3 is 2.33 bits per heavy atom. The van der Waals surface area contributed by atoms with E-state index in [-0.39, 0.29) is 11.3 Å². The number of carbonyl (C=O) groups excluding carboxylic acids is 2. The van der Waals surface area contributed by atoms with E-state index < -0.39 is 11.8 Å². The van der Waals surface area contributed by atoms with Crippen LogP contribution in [-0.2, 0) is 0 Å². The van der Waals surface area contributed by atoms with Crippen LogP contribution >= 0.6 is 22.6 Å². The minimum Gasteiger partial charge on any atom is -0.398 e. The van der Waals surface area contributed by atoms with Crippen LogP contribution in [0.4, 0.5) is 5.69 Å². The lowest BCUT2D eigenvalue weighted by Gasteiger charge is -2.07. The average Bonchev–Trinajstić information content (AvgIpc) is 2.29. The SMILES string of the molecule is NC(=O)c1cc(C(N)=O)c2cc(I)c(N)cc2n1. The number of carbonyl (C=O) groups is 2. The van der Waals surface area contributed by atoms with Crippen molar-refractivity contribution in [3.8, 4) is 0 Å². The fourth-order valence-electron chi connectivity index (χ4n) is 1.59. The molecule has 6 nitrogen and oxygen atoms in total. The Bertz CT molecular complexity index is 684. The van der Waals surface area contributed by atoms with Crippen molar-refractivity contribution in [3.63, 3.8) is 0 Å². The Morgan fingerprint density at radius 2 is 1.78 bits per heavy atom. The van der Waals surface area contributed by atoms with Gasteiger partial charge in [0.2, 0.25) is 5.91 Å². The predicted molar refractivity (Wildman–Crippen MR) is 75.9 cm³/mol. The summed E-state index contributed by atoms with van der Waals surface area (Å²) in [5, 5.41) is 0.547. The molecule has 1 aromatic carbocycles. The Balaban J connectivity index is 2.89. The number of benzene rings is 1. The molecule has 2 amide bonds. The van der Waals surface area contributed by atoms with Crippen LogP contribution in [0, 0.1) is 3.57 Å². The summed E-state index contributed by atoms with van der Waals surface area (Å²) in [6.07, 6.45) is 0. The molecule has 0 fully saturated rings. The molecule has 0 atom stereocenters. The monoisotopic (exact) mass is 356 g/mol. The van der Waals surface area contributed by atoms with Gasteiger partial charge in [0.15, 0.2) is 0 Å². The number of aromatic nitrogens is 1. The molecular formula is C11H9IN4O2. The highest BCUT2D eigenvalue weighted by atomic mass is 127. The van der Waals surface area contributed by atoms with Crippen LogP contribution in [0.5, 0.6) is 0 Å². The van der Waals surface area contributed by atoms with Gasteiger partial charge in [-0.05, 0) is 40.8 Å². The first-order valence-electron chi connectivity index (χ1n) is 4.89. The molecule has 92 valence electrons. The first-order valence-corrected chi connectivity index (χ1v) is 5.97. The third kappa shape index (κ3) is 2.08. The van der Waals surface area contributed by atoms with Crippen LogP contribution in [0.2, 0.25) is 0 Å². The van der Waals surface area contributed by atoms with Gasteiger partial charge in [-0.2, -0.15) is 0 Å². The lowest BCUT2D eigenvalue weighted by Crippen LogP contribution is -2.17. The van der Waals surface area contributed by atoms with Crippen molar-refractivity contribution in [3.05, 3.63) is 33.0 Å². The summed E-state index contributed by atoms with van der Waals surface area (Å²) in [5.74, 6) is -1.37.